The van der Waals surface area contributed by atoms with E-state index in [-0.39, 0.29) is 0 Å². The SMILES string of the molecule is CNCc1nncc(-c2cccc(C(F)(F)F)c2)n1. The van der Waals surface area contributed by atoms with Crippen molar-refractivity contribution in [3.05, 3.63) is 41.9 Å². The zero-order valence-corrected chi connectivity index (χ0v) is 10.1. The van der Waals surface area contributed by atoms with Gasteiger partial charge >= 0.3 is 6.18 Å². The summed E-state index contributed by atoms with van der Waals surface area (Å²) in [5, 5.41) is 10.4. The molecule has 1 aromatic heterocycles. The fraction of sp³-hybridized carbons (Fsp3) is 0.250. The molecule has 0 unspecified atom stereocenters. The van der Waals surface area contributed by atoms with Crippen LogP contribution in [0.3, 0.4) is 0 Å². The molecule has 0 amide bonds. The van der Waals surface area contributed by atoms with Crippen molar-refractivity contribution in [3.63, 3.8) is 0 Å². The van der Waals surface area contributed by atoms with Gasteiger partial charge in [-0.1, -0.05) is 12.1 Å². The van der Waals surface area contributed by atoms with Crippen LogP contribution in [0.1, 0.15) is 11.4 Å². The van der Waals surface area contributed by atoms with E-state index in [9.17, 15) is 13.2 Å². The minimum atomic E-state index is -4.37. The van der Waals surface area contributed by atoms with Crippen LogP contribution >= 0.6 is 0 Å². The Hall–Kier alpha value is -2.02. The van der Waals surface area contributed by atoms with Crippen molar-refractivity contribution in [1.82, 2.24) is 20.5 Å². The van der Waals surface area contributed by atoms with Gasteiger partial charge in [-0.05, 0) is 19.2 Å². The Morgan fingerprint density at radius 2 is 2.05 bits per heavy atom. The second-order valence-electron chi connectivity index (χ2n) is 3.87. The molecule has 1 heterocycles. The summed E-state index contributed by atoms with van der Waals surface area (Å²) < 4.78 is 37.9. The normalized spacial score (nSPS) is 11.6. The van der Waals surface area contributed by atoms with Gasteiger partial charge in [-0.15, -0.1) is 5.10 Å². The van der Waals surface area contributed by atoms with E-state index in [1.807, 2.05) is 0 Å². The molecule has 0 fully saturated rings. The van der Waals surface area contributed by atoms with Crippen LogP contribution in [0.25, 0.3) is 11.3 Å². The topological polar surface area (TPSA) is 50.7 Å². The number of nitrogens with zero attached hydrogens (tertiary/aromatic N) is 3. The van der Waals surface area contributed by atoms with E-state index in [2.05, 4.69) is 20.5 Å². The fourth-order valence-electron chi connectivity index (χ4n) is 1.57. The molecule has 7 heteroatoms. The van der Waals surface area contributed by atoms with Crippen LogP contribution in [-0.4, -0.2) is 22.2 Å². The average Bonchev–Trinajstić information content (AvgIpc) is 2.39. The van der Waals surface area contributed by atoms with Crippen molar-refractivity contribution in [2.45, 2.75) is 12.7 Å². The van der Waals surface area contributed by atoms with Gasteiger partial charge in [0.2, 0.25) is 0 Å². The van der Waals surface area contributed by atoms with E-state index < -0.39 is 11.7 Å². The number of alkyl halides is 3. The lowest BCUT2D eigenvalue weighted by molar-refractivity contribution is -0.137. The van der Waals surface area contributed by atoms with E-state index in [1.54, 1.807) is 13.1 Å². The first-order chi connectivity index (χ1) is 9.00. The third-order valence-electron chi connectivity index (χ3n) is 2.42. The smallest absolute Gasteiger partial charge is 0.313 e. The van der Waals surface area contributed by atoms with E-state index >= 15 is 0 Å². The first-order valence-electron chi connectivity index (χ1n) is 5.51. The molecule has 0 aliphatic carbocycles. The molecule has 100 valence electrons. The number of aromatic nitrogens is 3. The van der Waals surface area contributed by atoms with Crippen LogP contribution in [0.2, 0.25) is 0 Å². The van der Waals surface area contributed by atoms with Gasteiger partial charge < -0.3 is 5.32 Å². The minimum Gasteiger partial charge on any atom is -0.313 e. The molecular formula is C12H11F3N4. The lowest BCUT2D eigenvalue weighted by atomic mass is 10.1. The molecule has 0 radical (unpaired) electrons. The number of rotatable bonds is 3. The van der Waals surface area contributed by atoms with Gasteiger partial charge in [-0.25, -0.2) is 4.98 Å². The molecule has 2 aromatic rings. The third-order valence-corrected chi connectivity index (χ3v) is 2.42. The van der Waals surface area contributed by atoms with Crippen molar-refractivity contribution in [2.75, 3.05) is 7.05 Å². The standard InChI is InChI=1S/C12H11F3N4/c1-16-7-11-18-10(6-17-19-11)8-3-2-4-9(5-8)12(13,14)15/h2-6,16H,7H2,1H3. The number of halogens is 3. The summed E-state index contributed by atoms with van der Waals surface area (Å²) in [5.41, 5.74) is 0.0206. The maximum atomic E-state index is 12.6. The Bertz CT molecular complexity index is 569. The van der Waals surface area contributed by atoms with Gasteiger partial charge in [-0.3, -0.25) is 0 Å². The average molecular weight is 268 g/mol. The van der Waals surface area contributed by atoms with Gasteiger partial charge in [0.15, 0.2) is 5.82 Å². The maximum absolute atomic E-state index is 12.6. The van der Waals surface area contributed by atoms with Gasteiger partial charge in [0.1, 0.15) is 0 Å². The Labute approximate surface area is 107 Å². The lowest BCUT2D eigenvalue weighted by Crippen LogP contribution is -2.10. The first-order valence-corrected chi connectivity index (χ1v) is 5.51. The van der Waals surface area contributed by atoms with Crippen LogP contribution in [0.15, 0.2) is 30.5 Å². The molecule has 0 bridgehead atoms. The van der Waals surface area contributed by atoms with Crippen LogP contribution in [0.5, 0.6) is 0 Å². The lowest BCUT2D eigenvalue weighted by Gasteiger charge is -2.08. The third kappa shape index (κ3) is 3.25. The second-order valence-corrected chi connectivity index (χ2v) is 3.87. The fourth-order valence-corrected chi connectivity index (χ4v) is 1.57. The number of benzene rings is 1. The number of hydrogen-bond acceptors (Lipinski definition) is 4. The highest BCUT2D eigenvalue weighted by molar-refractivity contribution is 5.59. The largest absolute Gasteiger partial charge is 0.416 e. The van der Waals surface area contributed by atoms with Crippen molar-refractivity contribution in [3.8, 4) is 11.3 Å². The van der Waals surface area contributed by atoms with Gasteiger partial charge in [0.25, 0.3) is 0 Å². The summed E-state index contributed by atoms with van der Waals surface area (Å²) in [4.78, 5) is 4.15. The molecule has 0 saturated heterocycles. The molecule has 0 atom stereocenters. The Morgan fingerprint density at radius 1 is 1.26 bits per heavy atom. The van der Waals surface area contributed by atoms with E-state index in [0.29, 0.717) is 23.6 Å². The van der Waals surface area contributed by atoms with E-state index in [0.717, 1.165) is 12.1 Å². The zero-order valence-electron chi connectivity index (χ0n) is 10.1. The van der Waals surface area contributed by atoms with Gasteiger partial charge in [-0.2, -0.15) is 18.3 Å². The molecule has 0 spiro atoms. The summed E-state index contributed by atoms with van der Waals surface area (Å²) in [6.07, 6.45) is -3.03. The van der Waals surface area contributed by atoms with E-state index in [1.165, 1.54) is 12.3 Å². The maximum Gasteiger partial charge on any atom is 0.416 e. The first kappa shape index (κ1) is 13.4. The highest BCUT2D eigenvalue weighted by Gasteiger charge is 2.30. The number of nitrogens with one attached hydrogen (secondary N) is 1. The Morgan fingerprint density at radius 3 is 2.74 bits per heavy atom. The van der Waals surface area contributed by atoms with Crippen LogP contribution in [0.4, 0.5) is 13.2 Å². The molecule has 0 aliphatic rings. The molecule has 19 heavy (non-hydrogen) atoms. The predicted octanol–water partition coefficient (Wildman–Crippen LogP) is 2.28. The predicted molar refractivity (Wildman–Crippen MR) is 63.0 cm³/mol. The second kappa shape index (κ2) is 5.31. The quantitative estimate of drug-likeness (QED) is 0.927. The summed E-state index contributed by atoms with van der Waals surface area (Å²) in [6.45, 7) is 0.403. The van der Waals surface area contributed by atoms with Crippen LogP contribution < -0.4 is 5.32 Å². The van der Waals surface area contributed by atoms with Crippen LogP contribution in [-0.2, 0) is 12.7 Å². The summed E-state index contributed by atoms with van der Waals surface area (Å²) >= 11 is 0. The van der Waals surface area contributed by atoms with Crippen molar-refractivity contribution < 1.29 is 13.2 Å². The molecule has 1 N–H and O–H groups in total. The van der Waals surface area contributed by atoms with Gasteiger partial charge in [0.05, 0.1) is 24.0 Å². The summed E-state index contributed by atoms with van der Waals surface area (Å²) in [7, 11) is 1.72. The highest BCUT2D eigenvalue weighted by atomic mass is 19.4. The highest BCUT2D eigenvalue weighted by Crippen LogP contribution is 2.31. The molecule has 4 nitrogen and oxygen atoms in total. The molecule has 1 aromatic carbocycles. The molecule has 0 saturated carbocycles. The molecule has 0 aliphatic heterocycles. The zero-order chi connectivity index (χ0) is 13.9. The molecule has 2 rings (SSSR count). The monoisotopic (exact) mass is 268 g/mol. The van der Waals surface area contributed by atoms with Crippen molar-refractivity contribution in [2.24, 2.45) is 0 Å². The summed E-state index contributed by atoms with van der Waals surface area (Å²) in [6, 6.07) is 4.97. The Balaban J connectivity index is 2.39. The van der Waals surface area contributed by atoms with Crippen LogP contribution in [0, 0.1) is 0 Å². The minimum absolute atomic E-state index is 0.363. The van der Waals surface area contributed by atoms with Gasteiger partial charge in [0, 0.05) is 5.56 Å². The Kier molecular flexibility index (Phi) is 3.75. The van der Waals surface area contributed by atoms with E-state index in [4.69, 9.17) is 0 Å². The van der Waals surface area contributed by atoms with Crippen molar-refractivity contribution >= 4 is 0 Å². The number of hydrogen-bond donors (Lipinski definition) is 1. The van der Waals surface area contributed by atoms with Crippen molar-refractivity contribution in [1.29, 1.82) is 0 Å². The molecular weight excluding hydrogens is 257 g/mol. The summed E-state index contributed by atoms with van der Waals surface area (Å²) in [5.74, 6) is 0.428.